The minimum atomic E-state index is -0.0716. The number of benzene rings is 2. The number of carbonyl (C=O) groups excluding carboxylic acids is 1. The van der Waals surface area contributed by atoms with Crippen LogP contribution in [0.15, 0.2) is 77.5 Å². The summed E-state index contributed by atoms with van der Waals surface area (Å²) in [4.78, 5) is 19.3. The average Bonchev–Trinajstić information content (AvgIpc) is 3.13. The Labute approximate surface area is 167 Å². The van der Waals surface area contributed by atoms with Gasteiger partial charge >= 0.3 is 0 Å². The van der Waals surface area contributed by atoms with Crippen molar-refractivity contribution in [2.24, 2.45) is 0 Å². The second kappa shape index (κ2) is 7.92. The van der Waals surface area contributed by atoms with Crippen molar-refractivity contribution in [3.8, 4) is 0 Å². The lowest BCUT2D eigenvalue weighted by atomic mass is 10.1. The normalized spacial score (nSPS) is 13.9. The molecule has 1 aliphatic rings. The zero-order valence-electron chi connectivity index (χ0n) is 14.8. The number of para-hydroxylation sites is 1. The summed E-state index contributed by atoms with van der Waals surface area (Å²) in [6.45, 7) is 1.46. The molecule has 1 atom stereocenters. The molecule has 1 amide bonds. The van der Waals surface area contributed by atoms with E-state index in [-0.39, 0.29) is 11.9 Å². The van der Waals surface area contributed by atoms with Gasteiger partial charge in [0.15, 0.2) is 0 Å². The fraction of sp³-hybridized carbons (Fsp3) is 0.182. The molecule has 0 bridgehead atoms. The molecule has 0 unspecified atom stereocenters. The van der Waals surface area contributed by atoms with Gasteiger partial charge in [0, 0.05) is 41.2 Å². The minimum Gasteiger partial charge on any atom is -0.362 e. The van der Waals surface area contributed by atoms with Crippen LogP contribution in [0.25, 0.3) is 0 Å². The Morgan fingerprint density at radius 3 is 2.85 bits per heavy atom. The average molecular weight is 422 g/mol. The smallest absolute Gasteiger partial charge is 0.251 e. The van der Waals surface area contributed by atoms with Crippen molar-refractivity contribution in [3.63, 3.8) is 0 Å². The molecule has 0 spiro atoms. The number of fused-ring (bicyclic) bond motifs is 1. The molecular weight excluding hydrogens is 402 g/mol. The van der Waals surface area contributed by atoms with E-state index in [9.17, 15) is 4.79 Å². The van der Waals surface area contributed by atoms with E-state index in [2.05, 4.69) is 61.5 Å². The number of halogens is 1. The first-order valence-corrected chi connectivity index (χ1v) is 9.80. The van der Waals surface area contributed by atoms with Gasteiger partial charge in [-0.1, -0.05) is 46.3 Å². The fourth-order valence-corrected chi connectivity index (χ4v) is 3.99. The third-order valence-corrected chi connectivity index (χ3v) is 5.40. The molecule has 1 N–H and O–H groups in total. The quantitative estimate of drug-likeness (QED) is 0.664. The zero-order valence-corrected chi connectivity index (χ0v) is 16.4. The molecule has 1 aromatic heterocycles. The summed E-state index contributed by atoms with van der Waals surface area (Å²) in [7, 11) is 0. The van der Waals surface area contributed by atoms with Crippen molar-refractivity contribution in [1.29, 1.82) is 0 Å². The monoisotopic (exact) mass is 421 g/mol. The molecule has 0 saturated heterocycles. The highest BCUT2D eigenvalue weighted by Crippen LogP contribution is 2.34. The summed E-state index contributed by atoms with van der Waals surface area (Å²) in [6.07, 6.45) is 4.68. The van der Waals surface area contributed by atoms with E-state index in [1.165, 1.54) is 11.3 Å². The standard InChI is InChI=1S/C22H20BrN3O/c23-19-8-3-6-17(13-19)22(27)25-15-21(18-7-4-11-24-14-18)26-12-10-16-5-1-2-9-20(16)26/h1-9,11,13-14,21H,10,12,15H2,(H,25,27)/t21-/m1/s1. The highest BCUT2D eigenvalue weighted by Gasteiger charge is 2.27. The van der Waals surface area contributed by atoms with Crippen LogP contribution in [0, 0.1) is 0 Å². The summed E-state index contributed by atoms with van der Waals surface area (Å²) in [5.41, 5.74) is 4.34. The Balaban J connectivity index is 1.57. The molecule has 0 fully saturated rings. The molecule has 0 radical (unpaired) electrons. The van der Waals surface area contributed by atoms with Crippen LogP contribution >= 0.6 is 15.9 Å². The number of aromatic nitrogens is 1. The number of hydrogen-bond acceptors (Lipinski definition) is 3. The first-order valence-electron chi connectivity index (χ1n) is 9.00. The van der Waals surface area contributed by atoms with Crippen molar-refractivity contribution in [1.82, 2.24) is 10.3 Å². The molecule has 0 saturated carbocycles. The van der Waals surface area contributed by atoms with Gasteiger partial charge in [-0.05, 0) is 47.9 Å². The van der Waals surface area contributed by atoms with E-state index >= 15 is 0 Å². The molecule has 27 heavy (non-hydrogen) atoms. The Bertz CT molecular complexity index is 945. The molecule has 4 rings (SSSR count). The van der Waals surface area contributed by atoms with Crippen molar-refractivity contribution >= 4 is 27.5 Å². The van der Waals surface area contributed by atoms with Crippen LogP contribution in [-0.4, -0.2) is 24.0 Å². The van der Waals surface area contributed by atoms with Crippen LogP contribution in [0.1, 0.15) is 27.5 Å². The molecule has 136 valence electrons. The van der Waals surface area contributed by atoms with E-state index < -0.39 is 0 Å². The number of rotatable bonds is 5. The maximum atomic E-state index is 12.6. The summed E-state index contributed by atoms with van der Waals surface area (Å²) in [5, 5.41) is 3.10. The third kappa shape index (κ3) is 3.88. The van der Waals surface area contributed by atoms with Crippen LogP contribution < -0.4 is 10.2 Å². The second-order valence-electron chi connectivity index (χ2n) is 6.59. The zero-order chi connectivity index (χ0) is 18.6. The van der Waals surface area contributed by atoms with Crippen molar-refractivity contribution in [2.45, 2.75) is 12.5 Å². The van der Waals surface area contributed by atoms with Gasteiger partial charge in [0.2, 0.25) is 0 Å². The number of pyridine rings is 1. The van der Waals surface area contributed by atoms with Crippen LogP contribution in [0.2, 0.25) is 0 Å². The molecule has 5 heteroatoms. The SMILES string of the molecule is O=C(NC[C@H](c1cccnc1)N1CCc2ccccc21)c1cccc(Br)c1. The second-order valence-corrected chi connectivity index (χ2v) is 7.51. The van der Waals surface area contributed by atoms with Crippen LogP contribution in [0.4, 0.5) is 5.69 Å². The molecular formula is C22H20BrN3O. The number of anilines is 1. The lowest BCUT2D eigenvalue weighted by molar-refractivity contribution is 0.0951. The van der Waals surface area contributed by atoms with Gasteiger partial charge in [0.05, 0.1) is 6.04 Å². The number of nitrogens with zero attached hydrogens (tertiary/aromatic N) is 2. The molecule has 2 heterocycles. The molecule has 3 aromatic rings. The van der Waals surface area contributed by atoms with Gasteiger partial charge in [-0.2, -0.15) is 0 Å². The van der Waals surface area contributed by atoms with Gasteiger partial charge in [-0.15, -0.1) is 0 Å². The highest BCUT2D eigenvalue weighted by molar-refractivity contribution is 9.10. The first kappa shape index (κ1) is 17.7. The Morgan fingerprint density at radius 2 is 2.04 bits per heavy atom. The molecule has 0 aliphatic carbocycles. The van der Waals surface area contributed by atoms with E-state index in [0.717, 1.165) is 23.0 Å². The van der Waals surface area contributed by atoms with Gasteiger partial charge < -0.3 is 10.2 Å². The first-order chi connectivity index (χ1) is 13.2. The van der Waals surface area contributed by atoms with Gasteiger partial charge in [0.1, 0.15) is 0 Å². The topological polar surface area (TPSA) is 45.2 Å². The Kier molecular flexibility index (Phi) is 5.21. The number of hydrogen-bond donors (Lipinski definition) is 1. The number of nitrogens with one attached hydrogen (secondary N) is 1. The fourth-order valence-electron chi connectivity index (χ4n) is 3.59. The third-order valence-electron chi connectivity index (χ3n) is 4.91. The van der Waals surface area contributed by atoms with Crippen molar-refractivity contribution in [3.05, 3.63) is 94.2 Å². The summed E-state index contributed by atoms with van der Waals surface area (Å²) >= 11 is 3.42. The maximum absolute atomic E-state index is 12.6. The van der Waals surface area contributed by atoms with Crippen LogP contribution in [0.3, 0.4) is 0 Å². The summed E-state index contributed by atoms with van der Waals surface area (Å²) < 4.78 is 0.896. The highest BCUT2D eigenvalue weighted by atomic mass is 79.9. The Morgan fingerprint density at radius 1 is 1.15 bits per heavy atom. The van der Waals surface area contributed by atoms with Crippen LogP contribution in [-0.2, 0) is 6.42 Å². The van der Waals surface area contributed by atoms with Crippen LogP contribution in [0.5, 0.6) is 0 Å². The van der Waals surface area contributed by atoms with E-state index in [1.807, 2.05) is 36.5 Å². The van der Waals surface area contributed by atoms with E-state index in [4.69, 9.17) is 0 Å². The largest absolute Gasteiger partial charge is 0.362 e. The van der Waals surface area contributed by atoms with Crippen molar-refractivity contribution < 1.29 is 4.79 Å². The summed E-state index contributed by atoms with van der Waals surface area (Å²) in [6, 6.07) is 20.0. The number of carbonyl (C=O) groups is 1. The summed E-state index contributed by atoms with van der Waals surface area (Å²) in [5.74, 6) is -0.0716. The molecule has 1 aliphatic heterocycles. The number of amides is 1. The van der Waals surface area contributed by atoms with E-state index in [0.29, 0.717) is 12.1 Å². The minimum absolute atomic E-state index is 0.0402. The Hall–Kier alpha value is -2.66. The maximum Gasteiger partial charge on any atom is 0.251 e. The van der Waals surface area contributed by atoms with Gasteiger partial charge in [-0.3, -0.25) is 9.78 Å². The molecule has 2 aromatic carbocycles. The lowest BCUT2D eigenvalue weighted by Crippen LogP contribution is -2.37. The van der Waals surface area contributed by atoms with E-state index in [1.54, 1.807) is 6.20 Å². The lowest BCUT2D eigenvalue weighted by Gasteiger charge is -2.31. The molecule has 4 nitrogen and oxygen atoms in total. The van der Waals surface area contributed by atoms with Gasteiger partial charge in [0.25, 0.3) is 5.91 Å². The van der Waals surface area contributed by atoms with Gasteiger partial charge in [-0.25, -0.2) is 0 Å². The predicted molar refractivity (Wildman–Crippen MR) is 111 cm³/mol. The predicted octanol–water partition coefficient (Wildman–Crippen LogP) is 4.38. The van der Waals surface area contributed by atoms with Crippen molar-refractivity contribution in [2.75, 3.05) is 18.0 Å².